The van der Waals surface area contributed by atoms with Crippen LogP contribution in [-0.4, -0.2) is 42.8 Å². The molecule has 2 aliphatic rings. The fourth-order valence-corrected chi connectivity index (χ4v) is 3.32. The van der Waals surface area contributed by atoms with E-state index in [9.17, 15) is 9.59 Å². The second-order valence-electron chi connectivity index (χ2n) is 6.24. The third-order valence-electron chi connectivity index (χ3n) is 4.43. The Labute approximate surface area is 125 Å². The summed E-state index contributed by atoms with van der Waals surface area (Å²) in [5.41, 5.74) is 2.52. The Bertz CT molecular complexity index is 545. The zero-order valence-electron chi connectivity index (χ0n) is 12.5. The number of amides is 1. The summed E-state index contributed by atoms with van der Waals surface area (Å²) in [6.45, 7) is 4.75. The van der Waals surface area contributed by atoms with Crippen LogP contribution >= 0.6 is 0 Å². The number of piperidine rings is 1. The third kappa shape index (κ3) is 3.09. The summed E-state index contributed by atoms with van der Waals surface area (Å²) in [5, 5.41) is 0. The number of carbonyl (C=O) groups excluding carboxylic acids is 2. The molecule has 1 atom stereocenters. The fraction of sp³-hybridized carbons (Fsp3) is 0.529. The fourth-order valence-electron chi connectivity index (χ4n) is 3.32. The average molecular weight is 286 g/mol. The number of anilines is 1. The molecule has 4 nitrogen and oxygen atoms in total. The first-order valence-electron chi connectivity index (χ1n) is 7.76. The van der Waals surface area contributed by atoms with E-state index in [0.717, 1.165) is 13.0 Å². The minimum atomic E-state index is 0.145. The van der Waals surface area contributed by atoms with Gasteiger partial charge in [-0.3, -0.25) is 9.59 Å². The number of carbonyl (C=O) groups is 2. The molecule has 21 heavy (non-hydrogen) atoms. The predicted molar refractivity (Wildman–Crippen MR) is 82.3 cm³/mol. The monoisotopic (exact) mass is 286 g/mol. The summed E-state index contributed by atoms with van der Waals surface area (Å²) in [4.78, 5) is 27.8. The van der Waals surface area contributed by atoms with Crippen molar-refractivity contribution in [3.05, 3.63) is 29.8 Å². The summed E-state index contributed by atoms with van der Waals surface area (Å²) in [6, 6.07) is 8.36. The van der Waals surface area contributed by atoms with Crippen molar-refractivity contribution in [2.75, 3.05) is 31.1 Å². The number of rotatable bonds is 2. The molecule has 1 aromatic carbocycles. The molecule has 4 heteroatoms. The topological polar surface area (TPSA) is 40.6 Å². The van der Waals surface area contributed by atoms with Gasteiger partial charge in [-0.25, -0.2) is 0 Å². The molecule has 0 bridgehead atoms. The number of hydrogen-bond donors (Lipinski definition) is 0. The highest BCUT2D eigenvalue weighted by Gasteiger charge is 2.26. The van der Waals surface area contributed by atoms with Gasteiger partial charge in [-0.1, -0.05) is 25.1 Å². The number of fused-ring (bicyclic) bond motifs is 1. The Morgan fingerprint density at radius 1 is 1.24 bits per heavy atom. The lowest BCUT2D eigenvalue weighted by atomic mass is 9.94. The minimum Gasteiger partial charge on any atom is -0.362 e. The molecule has 0 aliphatic carbocycles. The Morgan fingerprint density at radius 3 is 2.71 bits per heavy atom. The minimum absolute atomic E-state index is 0.145. The first kappa shape index (κ1) is 14.1. The summed E-state index contributed by atoms with van der Waals surface area (Å²) in [7, 11) is 0. The van der Waals surface area contributed by atoms with E-state index in [1.807, 2.05) is 11.0 Å². The number of Topliss-reactive ketones (excluding diaryl/α,β-unsaturated/α-hetero) is 1. The van der Waals surface area contributed by atoms with Gasteiger partial charge in [-0.15, -0.1) is 0 Å². The summed E-state index contributed by atoms with van der Waals surface area (Å²) >= 11 is 0. The van der Waals surface area contributed by atoms with Crippen LogP contribution in [0.2, 0.25) is 0 Å². The number of nitrogens with zero attached hydrogens (tertiary/aromatic N) is 2. The van der Waals surface area contributed by atoms with E-state index in [-0.39, 0.29) is 11.7 Å². The van der Waals surface area contributed by atoms with Crippen LogP contribution in [0.4, 0.5) is 5.69 Å². The van der Waals surface area contributed by atoms with Crippen molar-refractivity contribution in [3.8, 4) is 0 Å². The largest absolute Gasteiger partial charge is 0.362 e. The highest BCUT2D eigenvalue weighted by molar-refractivity contribution is 5.86. The maximum Gasteiger partial charge on any atom is 0.242 e. The van der Waals surface area contributed by atoms with Crippen LogP contribution in [0.15, 0.2) is 24.3 Å². The second-order valence-corrected chi connectivity index (χ2v) is 6.24. The van der Waals surface area contributed by atoms with Crippen molar-refractivity contribution in [1.82, 2.24) is 4.90 Å². The Balaban J connectivity index is 1.70. The molecule has 112 valence electrons. The summed E-state index contributed by atoms with van der Waals surface area (Å²) in [6.07, 6.45) is 2.11. The normalized spacial score (nSPS) is 22.1. The molecule has 0 radical (unpaired) electrons. The van der Waals surface area contributed by atoms with E-state index >= 15 is 0 Å². The van der Waals surface area contributed by atoms with E-state index < -0.39 is 0 Å². The van der Waals surface area contributed by atoms with Crippen molar-refractivity contribution in [3.63, 3.8) is 0 Å². The Hall–Kier alpha value is -1.84. The molecule has 2 heterocycles. The molecule has 1 amide bonds. The standard InChI is InChI=1S/C17H22N2O2/c1-13-10-14-4-2-3-5-16(14)19(11-13)12-17(21)18-8-6-15(20)7-9-18/h2-5,13H,6-12H2,1H3. The van der Waals surface area contributed by atoms with E-state index in [2.05, 4.69) is 30.0 Å². The lowest BCUT2D eigenvalue weighted by Crippen LogP contribution is -2.46. The SMILES string of the molecule is CC1Cc2ccccc2N(CC(=O)N2CCC(=O)CC2)C1. The van der Waals surface area contributed by atoms with Crippen LogP contribution < -0.4 is 4.90 Å². The van der Waals surface area contributed by atoms with Gasteiger partial charge < -0.3 is 9.80 Å². The van der Waals surface area contributed by atoms with Gasteiger partial charge in [-0.2, -0.15) is 0 Å². The molecule has 1 saturated heterocycles. The smallest absolute Gasteiger partial charge is 0.242 e. The van der Waals surface area contributed by atoms with Crippen molar-refractivity contribution in [2.45, 2.75) is 26.2 Å². The van der Waals surface area contributed by atoms with Crippen LogP contribution in [0, 0.1) is 5.92 Å². The van der Waals surface area contributed by atoms with Crippen LogP contribution in [0.3, 0.4) is 0 Å². The summed E-state index contributed by atoms with van der Waals surface area (Å²) in [5.74, 6) is 0.984. The molecule has 1 fully saturated rings. The molecule has 3 rings (SSSR count). The summed E-state index contributed by atoms with van der Waals surface area (Å²) < 4.78 is 0. The molecular formula is C17H22N2O2. The molecule has 2 aliphatic heterocycles. The van der Waals surface area contributed by atoms with Gasteiger partial charge in [0.1, 0.15) is 5.78 Å². The quantitative estimate of drug-likeness (QED) is 0.833. The van der Waals surface area contributed by atoms with Crippen molar-refractivity contribution < 1.29 is 9.59 Å². The molecular weight excluding hydrogens is 264 g/mol. The zero-order valence-corrected chi connectivity index (χ0v) is 12.5. The van der Waals surface area contributed by atoms with Crippen molar-refractivity contribution in [2.24, 2.45) is 5.92 Å². The molecule has 1 aromatic rings. The van der Waals surface area contributed by atoms with Gasteiger partial charge in [0.2, 0.25) is 5.91 Å². The number of para-hydroxylation sites is 1. The first-order chi connectivity index (χ1) is 10.1. The lowest BCUT2D eigenvalue weighted by molar-refractivity contribution is -0.133. The lowest BCUT2D eigenvalue weighted by Gasteiger charge is -2.36. The van der Waals surface area contributed by atoms with Crippen LogP contribution in [0.5, 0.6) is 0 Å². The van der Waals surface area contributed by atoms with Crippen LogP contribution in [0.1, 0.15) is 25.3 Å². The van der Waals surface area contributed by atoms with Gasteiger partial charge in [0.25, 0.3) is 0 Å². The highest BCUT2D eigenvalue weighted by Crippen LogP contribution is 2.29. The third-order valence-corrected chi connectivity index (χ3v) is 4.43. The van der Waals surface area contributed by atoms with Crippen LogP contribution in [-0.2, 0) is 16.0 Å². The first-order valence-corrected chi connectivity index (χ1v) is 7.76. The van der Waals surface area contributed by atoms with Crippen molar-refractivity contribution >= 4 is 17.4 Å². The zero-order chi connectivity index (χ0) is 14.8. The number of benzene rings is 1. The Kier molecular flexibility index (Phi) is 3.95. The second kappa shape index (κ2) is 5.88. The van der Waals surface area contributed by atoms with E-state index in [4.69, 9.17) is 0 Å². The number of hydrogen-bond acceptors (Lipinski definition) is 3. The molecule has 0 saturated carbocycles. The van der Waals surface area contributed by atoms with Gasteiger partial charge in [0, 0.05) is 38.2 Å². The molecule has 0 aromatic heterocycles. The van der Waals surface area contributed by atoms with Gasteiger partial charge in [-0.05, 0) is 24.0 Å². The molecule has 1 unspecified atom stereocenters. The van der Waals surface area contributed by atoms with Crippen molar-refractivity contribution in [1.29, 1.82) is 0 Å². The predicted octanol–water partition coefficient (Wildman–Crippen LogP) is 1.88. The maximum atomic E-state index is 12.5. The maximum absolute atomic E-state index is 12.5. The highest BCUT2D eigenvalue weighted by atomic mass is 16.2. The van der Waals surface area contributed by atoms with Gasteiger partial charge >= 0.3 is 0 Å². The molecule has 0 N–H and O–H groups in total. The number of ketones is 1. The molecule has 0 spiro atoms. The van der Waals surface area contributed by atoms with Crippen LogP contribution in [0.25, 0.3) is 0 Å². The van der Waals surface area contributed by atoms with E-state index in [1.54, 1.807) is 0 Å². The van der Waals surface area contributed by atoms with Gasteiger partial charge in [0.15, 0.2) is 0 Å². The average Bonchev–Trinajstić information content (AvgIpc) is 2.47. The van der Waals surface area contributed by atoms with E-state index in [0.29, 0.717) is 38.4 Å². The van der Waals surface area contributed by atoms with E-state index in [1.165, 1.54) is 11.3 Å². The van der Waals surface area contributed by atoms with Gasteiger partial charge in [0.05, 0.1) is 6.54 Å². The number of likely N-dealkylation sites (tertiary alicyclic amines) is 1. The Morgan fingerprint density at radius 2 is 1.95 bits per heavy atom.